The molecule has 1 saturated heterocycles. The van der Waals surface area contributed by atoms with Gasteiger partial charge in [0.1, 0.15) is 11.2 Å². The lowest BCUT2D eigenvalue weighted by molar-refractivity contribution is -0.116. The van der Waals surface area contributed by atoms with Crippen LogP contribution in [0.4, 0.5) is 15.8 Å². The van der Waals surface area contributed by atoms with Gasteiger partial charge in [0.05, 0.1) is 5.75 Å². The van der Waals surface area contributed by atoms with E-state index < -0.39 is 0 Å². The molecule has 0 saturated carbocycles. The molecular formula is C18H17FN2O2S. The third-order valence-electron chi connectivity index (χ3n) is 3.79. The molecule has 2 aromatic carbocycles. The fourth-order valence-electron chi connectivity index (χ4n) is 2.65. The highest BCUT2D eigenvalue weighted by molar-refractivity contribution is 8.00. The standard InChI is InChI=1S/C18H17FN2O2S/c1-11-6-7-15(9-16(11)19)21-17(23)10-24-18(21)13-4-3-5-14(8-13)20-12(2)22/h3-9,18H,10H2,1-2H3,(H,20,22)/t18-/m0/s1. The van der Waals surface area contributed by atoms with Gasteiger partial charge < -0.3 is 5.32 Å². The van der Waals surface area contributed by atoms with Crippen molar-refractivity contribution in [3.05, 3.63) is 59.4 Å². The summed E-state index contributed by atoms with van der Waals surface area (Å²) in [6.07, 6.45) is 0. The summed E-state index contributed by atoms with van der Waals surface area (Å²) >= 11 is 1.49. The van der Waals surface area contributed by atoms with Gasteiger partial charge in [-0.25, -0.2) is 4.39 Å². The van der Waals surface area contributed by atoms with Gasteiger partial charge in [0.15, 0.2) is 0 Å². The van der Waals surface area contributed by atoms with Crippen LogP contribution in [0.5, 0.6) is 0 Å². The van der Waals surface area contributed by atoms with Crippen molar-refractivity contribution < 1.29 is 14.0 Å². The Labute approximate surface area is 144 Å². The van der Waals surface area contributed by atoms with Gasteiger partial charge >= 0.3 is 0 Å². The lowest BCUT2D eigenvalue weighted by atomic mass is 10.1. The van der Waals surface area contributed by atoms with E-state index in [0.717, 1.165) is 5.56 Å². The van der Waals surface area contributed by atoms with Crippen LogP contribution in [-0.4, -0.2) is 17.6 Å². The molecule has 1 N–H and O–H groups in total. The molecule has 6 heteroatoms. The summed E-state index contributed by atoms with van der Waals surface area (Å²) in [7, 11) is 0. The number of nitrogens with one attached hydrogen (secondary N) is 1. The third-order valence-corrected chi connectivity index (χ3v) is 5.01. The summed E-state index contributed by atoms with van der Waals surface area (Å²) in [6, 6.07) is 12.2. The van der Waals surface area contributed by atoms with Crippen molar-refractivity contribution in [1.82, 2.24) is 0 Å². The van der Waals surface area contributed by atoms with Crippen LogP contribution in [0.15, 0.2) is 42.5 Å². The van der Waals surface area contributed by atoms with Crippen molar-refractivity contribution in [2.45, 2.75) is 19.2 Å². The molecule has 0 aliphatic carbocycles. The van der Waals surface area contributed by atoms with Gasteiger partial charge in [-0.15, -0.1) is 11.8 Å². The molecule has 3 rings (SSSR count). The zero-order chi connectivity index (χ0) is 17.3. The number of anilines is 2. The highest BCUT2D eigenvalue weighted by Crippen LogP contribution is 2.42. The predicted molar refractivity (Wildman–Crippen MR) is 94.6 cm³/mol. The van der Waals surface area contributed by atoms with Crippen LogP contribution in [0.1, 0.15) is 23.4 Å². The third kappa shape index (κ3) is 3.28. The number of amides is 2. The zero-order valence-electron chi connectivity index (χ0n) is 13.4. The summed E-state index contributed by atoms with van der Waals surface area (Å²) in [4.78, 5) is 25.2. The van der Waals surface area contributed by atoms with Gasteiger partial charge in [0.2, 0.25) is 11.8 Å². The second kappa shape index (κ2) is 6.65. The van der Waals surface area contributed by atoms with Crippen LogP contribution < -0.4 is 10.2 Å². The van der Waals surface area contributed by atoms with E-state index in [4.69, 9.17) is 0 Å². The number of rotatable bonds is 3. The van der Waals surface area contributed by atoms with Crippen LogP contribution >= 0.6 is 11.8 Å². The normalized spacial score (nSPS) is 17.2. The van der Waals surface area contributed by atoms with E-state index >= 15 is 0 Å². The molecule has 0 bridgehead atoms. The number of hydrogen-bond donors (Lipinski definition) is 1. The average Bonchev–Trinajstić information content (AvgIpc) is 2.91. The molecule has 124 valence electrons. The van der Waals surface area contributed by atoms with Gasteiger partial charge in [-0.2, -0.15) is 0 Å². The maximum Gasteiger partial charge on any atom is 0.238 e. The van der Waals surface area contributed by atoms with Crippen molar-refractivity contribution in [2.24, 2.45) is 0 Å². The van der Waals surface area contributed by atoms with Crippen LogP contribution in [0.2, 0.25) is 0 Å². The first-order valence-electron chi connectivity index (χ1n) is 7.53. The Hall–Kier alpha value is -2.34. The van der Waals surface area contributed by atoms with E-state index in [9.17, 15) is 14.0 Å². The molecule has 0 aromatic heterocycles. The highest BCUT2D eigenvalue weighted by Gasteiger charge is 2.34. The molecule has 0 radical (unpaired) electrons. The first-order valence-corrected chi connectivity index (χ1v) is 8.58. The number of halogens is 1. The van der Waals surface area contributed by atoms with Crippen LogP contribution in [0.25, 0.3) is 0 Å². The fraction of sp³-hybridized carbons (Fsp3) is 0.222. The molecule has 0 unspecified atom stereocenters. The number of nitrogens with zero attached hydrogens (tertiary/aromatic N) is 1. The molecule has 1 heterocycles. The highest BCUT2D eigenvalue weighted by atomic mass is 32.2. The molecule has 1 atom stereocenters. The minimum atomic E-state index is -0.331. The molecule has 1 aliphatic rings. The van der Waals surface area contributed by atoms with E-state index in [0.29, 0.717) is 22.7 Å². The zero-order valence-corrected chi connectivity index (χ0v) is 14.2. The number of benzene rings is 2. The Morgan fingerprint density at radius 1 is 1.29 bits per heavy atom. The Balaban J connectivity index is 1.96. The summed E-state index contributed by atoms with van der Waals surface area (Å²) in [5.41, 5.74) is 2.65. The van der Waals surface area contributed by atoms with Crippen molar-refractivity contribution >= 4 is 35.0 Å². The van der Waals surface area contributed by atoms with E-state index in [2.05, 4.69) is 5.32 Å². The lowest BCUT2D eigenvalue weighted by Gasteiger charge is -2.25. The summed E-state index contributed by atoms with van der Waals surface area (Å²) in [5.74, 6) is -0.203. The molecule has 1 aliphatic heterocycles. The first kappa shape index (κ1) is 16.5. The van der Waals surface area contributed by atoms with Crippen molar-refractivity contribution in [1.29, 1.82) is 0 Å². The topological polar surface area (TPSA) is 49.4 Å². The van der Waals surface area contributed by atoms with Crippen molar-refractivity contribution in [3.8, 4) is 0 Å². The maximum absolute atomic E-state index is 13.9. The van der Waals surface area contributed by atoms with Crippen LogP contribution in [0.3, 0.4) is 0 Å². The number of carbonyl (C=O) groups is 2. The summed E-state index contributed by atoms with van der Waals surface area (Å²) in [5, 5.41) is 2.50. The van der Waals surface area contributed by atoms with Gasteiger partial charge in [0.25, 0.3) is 0 Å². The predicted octanol–water partition coefficient (Wildman–Crippen LogP) is 3.87. The number of hydrogen-bond acceptors (Lipinski definition) is 3. The number of thioether (sulfide) groups is 1. The van der Waals surface area contributed by atoms with Gasteiger partial charge in [-0.3, -0.25) is 14.5 Å². The first-order chi connectivity index (χ1) is 11.5. The average molecular weight is 344 g/mol. The summed E-state index contributed by atoms with van der Waals surface area (Å²) in [6.45, 7) is 3.13. The van der Waals surface area contributed by atoms with Gasteiger partial charge in [-0.1, -0.05) is 18.2 Å². The maximum atomic E-state index is 13.9. The van der Waals surface area contributed by atoms with Crippen LogP contribution in [-0.2, 0) is 9.59 Å². The molecular weight excluding hydrogens is 327 g/mol. The Morgan fingerprint density at radius 2 is 2.08 bits per heavy atom. The van der Waals surface area contributed by atoms with Gasteiger partial charge in [0, 0.05) is 18.3 Å². The van der Waals surface area contributed by atoms with E-state index in [1.165, 1.54) is 24.8 Å². The van der Waals surface area contributed by atoms with E-state index in [1.807, 2.05) is 18.2 Å². The summed E-state index contributed by atoms with van der Waals surface area (Å²) < 4.78 is 13.9. The van der Waals surface area contributed by atoms with Gasteiger partial charge in [-0.05, 0) is 42.3 Å². The quantitative estimate of drug-likeness (QED) is 0.919. The second-order valence-corrected chi connectivity index (χ2v) is 6.74. The monoisotopic (exact) mass is 344 g/mol. The smallest absolute Gasteiger partial charge is 0.238 e. The molecule has 1 fully saturated rings. The Morgan fingerprint density at radius 3 is 2.79 bits per heavy atom. The largest absolute Gasteiger partial charge is 0.326 e. The number of carbonyl (C=O) groups excluding carboxylic acids is 2. The van der Waals surface area contributed by atoms with Crippen LogP contribution in [0, 0.1) is 12.7 Å². The lowest BCUT2D eigenvalue weighted by Crippen LogP contribution is -2.28. The van der Waals surface area contributed by atoms with Crippen molar-refractivity contribution in [3.63, 3.8) is 0 Å². The van der Waals surface area contributed by atoms with Crippen molar-refractivity contribution in [2.75, 3.05) is 16.0 Å². The fourth-order valence-corrected chi connectivity index (χ4v) is 3.82. The minimum Gasteiger partial charge on any atom is -0.326 e. The Kier molecular flexibility index (Phi) is 4.57. The molecule has 24 heavy (non-hydrogen) atoms. The second-order valence-electron chi connectivity index (χ2n) is 5.67. The molecule has 2 aromatic rings. The SMILES string of the molecule is CC(=O)Nc1cccc([C@@H]2SCC(=O)N2c2ccc(C)c(F)c2)c1. The molecule has 4 nitrogen and oxygen atoms in total. The minimum absolute atomic E-state index is 0.0572. The Bertz CT molecular complexity index is 809. The van der Waals surface area contributed by atoms with E-state index in [1.54, 1.807) is 30.0 Å². The molecule has 2 amide bonds. The number of aryl methyl sites for hydroxylation is 1. The van der Waals surface area contributed by atoms with E-state index in [-0.39, 0.29) is 23.0 Å². The molecule has 0 spiro atoms.